The van der Waals surface area contributed by atoms with E-state index in [4.69, 9.17) is 5.11 Å². The molecule has 1 aliphatic carbocycles. The van der Waals surface area contributed by atoms with Gasteiger partial charge < -0.3 is 15.3 Å². The van der Waals surface area contributed by atoms with E-state index in [1.807, 2.05) is 13.8 Å². The molecule has 1 rings (SSSR count). The van der Waals surface area contributed by atoms with Gasteiger partial charge in [-0.2, -0.15) is 0 Å². The van der Waals surface area contributed by atoms with Gasteiger partial charge in [0, 0.05) is 25.4 Å². The first-order valence-corrected chi connectivity index (χ1v) is 6.73. The van der Waals surface area contributed by atoms with Crippen LogP contribution < -0.4 is 5.32 Å². The predicted octanol–water partition coefficient (Wildman–Crippen LogP) is 0.472. The van der Waals surface area contributed by atoms with Crippen molar-refractivity contribution in [1.29, 1.82) is 0 Å². The molecule has 0 aliphatic heterocycles. The van der Waals surface area contributed by atoms with Crippen molar-refractivity contribution in [1.82, 2.24) is 10.2 Å². The summed E-state index contributed by atoms with van der Waals surface area (Å²) >= 11 is 0. The summed E-state index contributed by atoms with van der Waals surface area (Å²) in [5.41, 5.74) is 0. The molecule has 1 saturated carbocycles. The maximum absolute atomic E-state index is 11.8. The number of carboxylic acid groups (broad SMARTS) is 1. The number of amides is 2. The first-order valence-electron chi connectivity index (χ1n) is 6.73. The molecule has 0 spiro atoms. The fourth-order valence-corrected chi connectivity index (χ4v) is 1.99. The van der Waals surface area contributed by atoms with Gasteiger partial charge in [0.2, 0.25) is 11.8 Å². The number of nitrogens with one attached hydrogen (secondary N) is 1. The number of rotatable bonds is 8. The average Bonchev–Trinajstić information content (AvgIpc) is 3.05. The zero-order valence-corrected chi connectivity index (χ0v) is 11.5. The molecule has 2 unspecified atom stereocenters. The Morgan fingerprint density at radius 1 is 1.37 bits per heavy atom. The van der Waals surface area contributed by atoms with Gasteiger partial charge in [0.1, 0.15) is 6.54 Å². The Bertz CT molecular complexity index is 357. The van der Waals surface area contributed by atoms with Gasteiger partial charge in [0.05, 0.1) is 0 Å². The zero-order chi connectivity index (χ0) is 14.4. The van der Waals surface area contributed by atoms with Crippen molar-refractivity contribution < 1.29 is 19.5 Å². The number of hydrogen-bond donors (Lipinski definition) is 2. The Kier molecular flexibility index (Phi) is 5.79. The van der Waals surface area contributed by atoms with Crippen LogP contribution in [0.25, 0.3) is 0 Å². The van der Waals surface area contributed by atoms with Crippen LogP contribution in [0.3, 0.4) is 0 Å². The van der Waals surface area contributed by atoms with Crippen LogP contribution in [-0.4, -0.2) is 47.4 Å². The van der Waals surface area contributed by atoms with Crippen LogP contribution in [0.4, 0.5) is 0 Å². The maximum Gasteiger partial charge on any atom is 0.323 e. The molecule has 6 heteroatoms. The summed E-state index contributed by atoms with van der Waals surface area (Å²) in [7, 11) is 0. The highest BCUT2D eigenvalue weighted by Crippen LogP contribution is 2.37. The third-order valence-corrected chi connectivity index (χ3v) is 3.26. The molecule has 1 aliphatic rings. The summed E-state index contributed by atoms with van der Waals surface area (Å²) in [5, 5.41) is 11.4. The van der Waals surface area contributed by atoms with Crippen LogP contribution in [-0.2, 0) is 14.4 Å². The van der Waals surface area contributed by atoms with Crippen LogP contribution >= 0.6 is 0 Å². The molecule has 108 valence electrons. The molecule has 6 nitrogen and oxygen atoms in total. The van der Waals surface area contributed by atoms with Crippen LogP contribution in [0.2, 0.25) is 0 Å². The zero-order valence-electron chi connectivity index (χ0n) is 11.5. The van der Waals surface area contributed by atoms with Gasteiger partial charge in [0.15, 0.2) is 0 Å². The van der Waals surface area contributed by atoms with E-state index in [1.54, 1.807) is 0 Å². The van der Waals surface area contributed by atoms with Gasteiger partial charge in [-0.15, -0.1) is 0 Å². The number of aliphatic carboxylic acids is 1. The van der Waals surface area contributed by atoms with E-state index >= 15 is 0 Å². The molecule has 0 aromatic heterocycles. The SMILES string of the molecule is CCCN(CC(=O)O)C(=O)CCNC(=O)C1CC1C. The molecule has 0 saturated heterocycles. The standard InChI is InChI=1S/C13H22N2O4/c1-3-6-15(8-12(17)18)11(16)4-5-14-13(19)10-7-9(10)2/h9-10H,3-8H2,1-2H3,(H,14,19)(H,17,18). The van der Waals surface area contributed by atoms with Crippen LogP contribution in [0.5, 0.6) is 0 Å². The minimum atomic E-state index is -1.02. The van der Waals surface area contributed by atoms with E-state index in [9.17, 15) is 14.4 Å². The van der Waals surface area contributed by atoms with Gasteiger partial charge in [0.25, 0.3) is 0 Å². The lowest BCUT2D eigenvalue weighted by Crippen LogP contribution is -2.38. The Hall–Kier alpha value is -1.59. The van der Waals surface area contributed by atoms with E-state index < -0.39 is 5.97 Å². The molecule has 1 fully saturated rings. The average molecular weight is 270 g/mol. The molecular weight excluding hydrogens is 248 g/mol. The van der Waals surface area contributed by atoms with Crippen molar-refractivity contribution in [3.8, 4) is 0 Å². The van der Waals surface area contributed by atoms with Gasteiger partial charge >= 0.3 is 5.97 Å². The minimum Gasteiger partial charge on any atom is -0.480 e. The van der Waals surface area contributed by atoms with Crippen molar-refractivity contribution in [2.75, 3.05) is 19.6 Å². The number of nitrogens with zero attached hydrogens (tertiary/aromatic N) is 1. The van der Waals surface area contributed by atoms with Crippen LogP contribution in [0, 0.1) is 11.8 Å². The molecule has 19 heavy (non-hydrogen) atoms. The van der Waals surface area contributed by atoms with Crippen LogP contribution in [0.1, 0.15) is 33.1 Å². The van der Waals surface area contributed by atoms with Gasteiger partial charge in [-0.1, -0.05) is 13.8 Å². The largest absolute Gasteiger partial charge is 0.480 e. The Balaban J connectivity index is 2.27. The van der Waals surface area contributed by atoms with Crippen LogP contribution in [0.15, 0.2) is 0 Å². The molecule has 0 bridgehead atoms. The first-order chi connectivity index (χ1) is 8.95. The Morgan fingerprint density at radius 2 is 2.00 bits per heavy atom. The van der Waals surface area contributed by atoms with Gasteiger partial charge in [-0.3, -0.25) is 14.4 Å². The summed E-state index contributed by atoms with van der Waals surface area (Å²) in [5.74, 6) is -0.702. The van der Waals surface area contributed by atoms with E-state index in [2.05, 4.69) is 5.32 Å². The topological polar surface area (TPSA) is 86.7 Å². The molecule has 0 heterocycles. The summed E-state index contributed by atoms with van der Waals surface area (Å²) in [6.45, 7) is 4.34. The summed E-state index contributed by atoms with van der Waals surface area (Å²) in [6, 6.07) is 0. The lowest BCUT2D eigenvalue weighted by molar-refractivity contribution is -0.144. The molecule has 0 aromatic rings. The highest BCUT2D eigenvalue weighted by Gasteiger charge is 2.38. The fraction of sp³-hybridized carbons (Fsp3) is 0.769. The van der Waals surface area contributed by atoms with Crippen molar-refractivity contribution in [2.45, 2.75) is 33.1 Å². The number of carboxylic acids is 1. The first kappa shape index (κ1) is 15.5. The van der Waals surface area contributed by atoms with Crippen molar-refractivity contribution in [2.24, 2.45) is 11.8 Å². The molecule has 2 amide bonds. The minimum absolute atomic E-state index is 0.000533. The lowest BCUT2D eigenvalue weighted by atomic mass is 10.3. The Labute approximate surface area is 113 Å². The smallest absolute Gasteiger partial charge is 0.323 e. The second-order valence-electron chi connectivity index (χ2n) is 5.07. The molecular formula is C13H22N2O4. The number of carbonyl (C=O) groups is 3. The van der Waals surface area contributed by atoms with Crippen molar-refractivity contribution in [3.63, 3.8) is 0 Å². The molecule has 2 N–H and O–H groups in total. The number of carbonyl (C=O) groups excluding carboxylic acids is 2. The summed E-state index contributed by atoms with van der Waals surface area (Å²) in [6.07, 6.45) is 1.78. The van der Waals surface area contributed by atoms with E-state index in [1.165, 1.54) is 4.90 Å². The maximum atomic E-state index is 11.8. The Morgan fingerprint density at radius 3 is 2.47 bits per heavy atom. The monoisotopic (exact) mass is 270 g/mol. The third kappa shape index (κ3) is 5.28. The molecule has 0 radical (unpaired) electrons. The highest BCUT2D eigenvalue weighted by atomic mass is 16.4. The summed E-state index contributed by atoms with van der Waals surface area (Å²) in [4.78, 5) is 35.3. The van der Waals surface area contributed by atoms with E-state index in [-0.39, 0.29) is 37.2 Å². The van der Waals surface area contributed by atoms with Crippen molar-refractivity contribution >= 4 is 17.8 Å². The van der Waals surface area contributed by atoms with Gasteiger partial charge in [-0.05, 0) is 18.8 Å². The predicted molar refractivity (Wildman–Crippen MR) is 69.4 cm³/mol. The normalized spacial score (nSPS) is 20.7. The van der Waals surface area contributed by atoms with Crippen molar-refractivity contribution in [3.05, 3.63) is 0 Å². The van der Waals surface area contributed by atoms with E-state index in [0.717, 1.165) is 6.42 Å². The summed E-state index contributed by atoms with van der Waals surface area (Å²) < 4.78 is 0. The molecule has 0 aromatic carbocycles. The highest BCUT2D eigenvalue weighted by molar-refractivity contribution is 5.83. The van der Waals surface area contributed by atoms with E-state index in [0.29, 0.717) is 18.9 Å². The van der Waals surface area contributed by atoms with Gasteiger partial charge in [-0.25, -0.2) is 0 Å². The lowest BCUT2D eigenvalue weighted by Gasteiger charge is -2.19. The fourth-order valence-electron chi connectivity index (χ4n) is 1.99. The second-order valence-corrected chi connectivity index (χ2v) is 5.07. The quantitative estimate of drug-likeness (QED) is 0.671. The molecule has 2 atom stereocenters. The second kappa shape index (κ2) is 7.11. The number of hydrogen-bond acceptors (Lipinski definition) is 3. The third-order valence-electron chi connectivity index (χ3n) is 3.26.